The lowest BCUT2D eigenvalue weighted by molar-refractivity contribution is -0.119. The SMILES string of the molecule is C[C@H](NC(=O)c1ccccc1)C(=O)N=Nc1c(O)[nH]c2c(Br)cc(Br)cc12. The lowest BCUT2D eigenvalue weighted by atomic mass is 10.2. The van der Waals surface area contributed by atoms with E-state index < -0.39 is 11.9 Å². The maximum atomic E-state index is 12.2. The summed E-state index contributed by atoms with van der Waals surface area (Å²) in [5.41, 5.74) is 1.21. The minimum Gasteiger partial charge on any atom is -0.493 e. The Morgan fingerprint density at radius 2 is 1.89 bits per heavy atom. The van der Waals surface area contributed by atoms with Gasteiger partial charge in [-0.25, -0.2) is 0 Å². The standard InChI is InChI=1S/C18H14Br2N4O3/c1-9(21-17(26)10-5-3-2-4-6-10)16(25)24-23-15-12-7-11(19)8-13(20)14(12)22-18(15)27/h2-9,22,27H,1H3,(H,21,26)/t9-/m0/s1. The highest BCUT2D eigenvalue weighted by Crippen LogP contribution is 2.40. The van der Waals surface area contributed by atoms with Gasteiger partial charge in [0.15, 0.2) is 5.69 Å². The Morgan fingerprint density at radius 1 is 1.19 bits per heavy atom. The van der Waals surface area contributed by atoms with Crippen LogP contribution in [-0.2, 0) is 4.79 Å². The number of aromatic amines is 1. The number of hydrogen-bond acceptors (Lipinski definition) is 4. The maximum Gasteiger partial charge on any atom is 0.286 e. The molecule has 0 aliphatic heterocycles. The number of carbonyl (C=O) groups is 2. The first kappa shape index (κ1) is 19.2. The number of benzene rings is 2. The minimum absolute atomic E-state index is 0.141. The Kier molecular flexibility index (Phi) is 5.71. The lowest BCUT2D eigenvalue weighted by Gasteiger charge is -2.09. The number of amides is 2. The molecule has 0 aliphatic carbocycles. The van der Waals surface area contributed by atoms with Crippen molar-refractivity contribution in [2.24, 2.45) is 10.2 Å². The number of nitrogens with one attached hydrogen (secondary N) is 2. The monoisotopic (exact) mass is 492 g/mol. The summed E-state index contributed by atoms with van der Waals surface area (Å²) < 4.78 is 1.49. The van der Waals surface area contributed by atoms with Crippen molar-refractivity contribution < 1.29 is 14.7 Å². The normalized spacial score (nSPS) is 12.4. The third-order valence-corrected chi connectivity index (χ3v) is 4.86. The number of aromatic nitrogens is 1. The maximum absolute atomic E-state index is 12.2. The predicted molar refractivity (Wildman–Crippen MR) is 108 cm³/mol. The summed E-state index contributed by atoms with van der Waals surface area (Å²) in [5.74, 6) is -1.22. The Bertz CT molecular complexity index is 1050. The van der Waals surface area contributed by atoms with Gasteiger partial charge in [0.05, 0.1) is 5.52 Å². The average molecular weight is 494 g/mol. The summed E-state index contributed by atoms with van der Waals surface area (Å²) in [4.78, 5) is 27.1. The first-order valence-electron chi connectivity index (χ1n) is 7.88. The highest BCUT2D eigenvalue weighted by molar-refractivity contribution is 9.11. The van der Waals surface area contributed by atoms with E-state index in [0.29, 0.717) is 16.5 Å². The fraction of sp³-hybridized carbons (Fsp3) is 0.111. The van der Waals surface area contributed by atoms with E-state index in [9.17, 15) is 14.7 Å². The number of hydrogen-bond donors (Lipinski definition) is 3. The fourth-order valence-electron chi connectivity index (χ4n) is 2.41. The second-order valence-electron chi connectivity index (χ2n) is 5.73. The smallest absolute Gasteiger partial charge is 0.286 e. The molecule has 0 radical (unpaired) electrons. The van der Waals surface area contributed by atoms with E-state index in [1.807, 2.05) is 6.07 Å². The number of H-pyrrole nitrogens is 1. The Hall–Kier alpha value is -2.52. The highest BCUT2D eigenvalue weighted by atomic mass is 79.9. The molecule has 7 nitrogen and oxygen atoms in total. The number of aromatic hydroxyl groups is 1. The average Bonchev–Trinajstić information content (AvgIpc) is 2.96. The summed E-state index contributed by atoms with van der Waals surface area (Å²) >= 11 is 6.76. The van der Waals surface area contributed by atoms with Crippen molar-refractivity contribution in [1.29, 1.82) is 0 Å². The largest absolute Gasteiger partial charge is 0.493 e. The van der Waals surface area contributed by atoms with Gasteiger partial charge in [-0.15, -0.1) is 10.2 Å². The van der Waals surface area contributed by atoms with Crippen LogP contribution >= 0.6 is 31.9 Å². The number of halogens is 2. The summed E-state index contributed by atoms with van der Waals surface area (Å²) in [7, 11) is 0. The van der Waals surface area contributed by atoms with Crippen LogP contribution in [0, 0.1) is 0 Å². The van der Waals surface area contributed by atoms with Crippen molar-refractivity contribution in [3.63, 3.8) is 0 Å². The number of nitrogens with zero attached hydrogens (tertiary/aromatic N) is 2. The van der Waals surface area contributed by atoms with Crippen LogP contribution in [0.4, 0.5) is 5.69 Å². The van der Waals surface area contributed by atoms with Crippen LogP contribution in [-0.4, -0.2) is 27.9 Å². The van der Waals surface area contributed by atoms with Crippen molar-refractivity contribution in [2.45, 2.75) is 13.0 Å². The van der Waals surface area contributed by atoms with Crippen molar-refractivity contribution in [3.05, 3.63) is 57.0 Å². The molecule has 1 aromatic heterocycles. The molecule has 9 heteroatoms. The third kappa shape index (κ3) is 4.25. The quantitative estimate of drug-likeness (QED) is 0.453. The zero-order valence-corrected chi connectivity index (χ0v) is 17.2. The van der Waals surface area contributed by atoms with E-state index >= 15 is 0 Å². The molecule has 3 N–H and O–H groups in total. The topological polar surface area (TPSA) is 107 Å². The molecule has 2 amide bonds. The number of azo groups is 1. The van der Waals surface area contributed by atoms with Crippen LogP contribution in [0.2, 0.25) is 0 Å². The van der Waals surface area contributed by atoms with E-state index in [0.717, 1.165) is 8.95 Å². The molecule has 0 spiro atoms. The van der Waals surface area contributed by atoms with Gasteiger partial charge in [-0.05, 0) is 47.1 Å². The first-order chi connectivity index (χ1) is 12.9. The first-order valence-corrected chi connectivity index (χ1v) is 9.46. The Balaban J connectivity index is 1.78. The molecule has 0 saturated carbocycles. The molecule has 3 aromatic rings. The summed E-state index contributed by atoms with van der Waals surface area (Å²) in [6.07, 6.45) is 0. The van der Waals surface area contributed by atoms with Gasteiger partial charge in [0.25, 0.3) is 11.8 Å². The van der Waals surface area contributed by atoms with Crippen LogP contribution in [0.15, 0.2) is 61.6 Å². The molecular weight excluding hydrogens is 480 g/mol. The molecule has 138 valence electrons. The molecule has 0 unspecified atom stereocenters. The molecule has 27 heavy (non-hydrogen) atoms. The summed E-state index contributed by atoms with van der Waals surface area (Å²) in [6.45, 7) is 1.52. The van der Waals surface area contributed by atoms with Crippen LogP contribution in [0.5, 0.6) is 5.88 Å². The molecule has 1 atom stereocenters. The Morgan fingerprint density at radius 3 is 2.59 bits per heavy atom. The van der Waals surface area contributed by atoms with Gasteiger partial charge >= 0.3 is 0 Å². The van der Waals surface area contributed by atoms with Gasteiger partial charge in [0, 0.05) is 19.9 Å². The summed E-state index contributed by atoms with van der Waals surface area (Å²) in [5, 5.41) is 20.7. The third-order valence-electron chi connectivity index (χ3n) is 3.78. The molecule has 0 aliphatic rings. The lowest BCUT2D eigenvalue weighted by Crippen LogP contribution is -2.37. The zero-order valence-electron chi connectivity index (χ0n) is 14.0. The van der Waals surface area contributed by atoms with Crippen molar-refractivity contribution in [2.75, 3.05) is 0 Å². The van der Waals surface area contributed by atoms with Gasteiger partial charge in [-0.2, -0.15) is 0 Å². The molecular formula is C18H14Br2N4O3. The van der Waals surface area contributed by atoms with Crippen molar-refractivity contribution in [3.8, 4) is 5.88 Å². The minimum atomic E-state index is -0.868. The Labute approximate surface area is 171 Å². The molecule has 2 aromatic carbocycles. The van der Waals surface area contributed by atoms with Gasteiger partial charge < -0.3 is 15.4 Å². The molecule has 0 bridgehead atoms. The van der Waals surface area contributed by atoms with Gasteiger partial charge in [-0.3, -0.25) is 9.59 Å². The van der Waals surface area contributed by atoms with Crippen LogP contribution < -0.4 is 5.32 Å². The predicted octanol–water partition coefficient (Wildman–Crippen LogP) is 4.83. The second-order valence-corrected chi connectivity index (χ2v) is 7.50. The highest BCUT2D eigenvalue weighted by Gasteiger charge is 2.18. The number of carbonyl (C=O) groups excluding carboxylic acids is 2. The van der Waals surface area contributed by atoms with Crippen LogP contribution in [0.25, 0.3) is 10.9 Å². The molecule has 0 fully saturated rings. The number of fused-ring (bicyclic) bond motifs is 1. The van der Waals surface area contributed by atoms with E-state index in [-0.39, 0.29) is 17.5 Å². The number of rotatable bonds is 4. The van der Waals surface area contributed by atoms with Crippen LogP contribution in [0.1, 0.15) is 17.3 Å². The van der Waals surface area contributed by atoms with Gasteiger partial charge in [-0.1, -0.05) is 34.1 Å². The summed E-state index contributed by atoms with van der Waals surface area (Å²) in [6, 6.07) is 11.2. The van der Waals surface area contributed by atoms with E-state index in [4.69, 9.17) is 0 Å². The van der Waals surface area contributed by atoms with E-state index in [1.165, 1.54) is 6.92 Å². The molecule has 1 heterocycles. The fourth-order valence-corrected chi connectivity index (χ4v) is 3.74. The van der Waals surface area contributed by atoms with Crippen molar-refractivity contribution in [1.82, 2.24) is 10.3 Å². The molecule has 0 saturated heterocycles. The zero-order chi connectivity index (χ0) is 19.6. The van der Waals surface area contributed by atoms with Gasteiger partial charge in [0.2, 0.25) is 5.88 Å². The molecule has 3 rings (SSSR count). The van der Waals surface area contributed by atoms with Crippen molar-refractivity contribution >= 4 is 60.3 Å². The second kappa shape index (κ2) is 8.01. The van der Waals surface area contributed by atoms with E-state index in [2.05, 4.69) is 52.4 Å². The van der Waals surface area contributed by atoms with E-state index in [1.54, 1.807) is 36.4 Å². The van der Waals surface area contributed by atoms with Gasteiger partial charge in [0.1, 0.15) is 6.04 Å². The van der Waals surface area contributed by atoms with Crippen LogP contribution in [0.3, 0.4) is 0 Å².